The largest absolute Gasteiger partial charge is 0.384 e. The van der Waals surface area contributed by atoms with E-state index in [2.05, 4.69) is 15.0 Å². The van der Waals surface area contributed by atoms with Crippen LogP contribution in [-0.4, -0.2) is 15.0 Å². The van der Waals surface area contributed by atoms with Gasteiger partial charge in [0.2, 0.25) is 0 Å². The third-order valence-electron chi connectivity index (χ3n) is 2.81. The number of anilines is 1. The van der Waals surface area contributed by atoms with Gasteiger partial charge in [-0.15, -0.1) is 0 Å². The molecule has 3 aromatic rings. The lowest BCUT2D eigenvalue weighted by Gasteiger charge is -1.99. The normalized spacial score (nSPS) is 11.0. The van der Waals surface area contributed by atoms with E-state index in [0.29, 0.717) is 28.4 Å². The Morgan fingerprint density at radius 3 is 2.78 bits per heavy atom. The molecule has 0 atom stereocenters. The molecule has 0 aliphatic heterocycles. The summed E-state index contributed by atoms with van der Waals surface area (Å²) in [5.41, 5.74) is 8.20. The molecule has 0 saturated heterocycles. The fraction of sp³-hybridized carbons (Fsp3) is 0.0769. The summed E-state index contributed by atoms with van der Waals surface area (Å²) in [7, 11) is 0. The molecule has 4 nitrogen and oxygen atoms in total. The third-order valence-corrected chi connectivity index (χ3v) is 2.81. The Kier molecular flexibility index (Phi) is 2.26. The maximum atomic E-state index is 13.5. The number of aryl methyl sites for hydroxylation is 1. The molecule has 0 aliphatic rings. The SMILES string of the molecule is Cc1ccc(-c2nc3nc(N)ccc3[nH]2)cc1F. The predicted molar refractivity (Wildman–Crippen MR) is 68.4 cm³/mol. The van der Waals surface area contributed by atoms with E-state index in [1.54, 1.807) is 25.1 Å². The number of aromatic amines is 1. The molecule has 0 spiro atoms. The van der Waals surface area contributed by atoms with Crippen molar-refractivity contribution < 1.29 is 4.39 Å². The topological polar surface area (TPSA) is 67.6 Å². The van der Waals surface area contributed by atoms with Crippen LogP contribution in [0.15, 0.2) is 30.3 Å². The molecule has 0 unspecified atom stereocenters. The number of aromatic nitrogens is 3. The lowest BCUT2D eigenvalue weighted by atomic mass is 10.1. The van der Waals surface area contributed by atoms with Crippen LogP contribution in [-0.2, 0) is 0 Å². The molecule has 1 aromatic carbocycles. The zero-order valence-corrected chi connectivity index (χ0v) is 9.74. The molecule has 0 amide bonds. The average Bonchev–Trinajstić information content (AvgIpc) is 2.75. The lowest BCUT2D eigenvalue weighted by molar-refractivity contribution is 0.619. The van der Waals surface area contributed by atoms with Crippen LogP contribution in [0, 0.1) is 12.7 Å². The Labute approximate surface area is 103 Å². The molecule has 3 N–H and O–H groups in total. The van der Waals surface area contributed by atoms with E-state index in [1.165, 1.54) is 6.07 Å². The van der Waals surface area contributed by atoms with Gasteiger partial charge in [-0.3, -0.25) is 0 Å². The van der Waals surface area contributed by atoms with Crippen molar-refractivity contribution in [2.24, 2.45) is 0 Å². The van der Waals surface area contributed by atoms with Gasteiger partial charge >= 0.3 is 0 Å². The van der Waals surface area contributed by atoms with Crippen molar-refractivity contribution in [3.63, 3.8) is 0 Å². The number of hydrogen-bond acceptors (Lipinski definition) is 3. The highest BCUT2D eigenvalue weighted by Crippen LogP contribution is 2.21. The standard InChI is InChI=1S/C13H11FN4/c1-7-2-3-8(6-9(7)14)12-16-10-4-5-11(15)17-13(10)18-12/h2-6H,1H3,(H3,15,16,17,18). The van der Waals surface area contributed by atoms with Crippen LogP contribution in [0.1, 0.15) is 5.56 Å². The summed E-state index contributed by atoms with van der Waals surface area (Å²) in [6.45, 7) is 1.72. The highest BCUT2D eigenvalue weighted by molar-refractivity contribution is 5.77. The minimum Gasteiger partial charge on any atom is -0.384 e. The Morgan fingerprint density at radius 2 is 2.00 bits per heavy atom. The molecule has 2 aromatic heterocycles. The number of nitrogens with one attached hydrogen (secondary N) is 1. The number of halogens is 1. The van der Waals surface area contributed by atoms with E-state index in [9.17, 15) is 4.39 Å². The molecular weight excluding hydrogens is 231 g/mol. The van der Waals surface area contributed by atoms with Gasteiger partial charge in [0.25, 0.3) is 0 Å². The molecule has 2 heterocycles. The van der Waals surface area contributed by atoms with E-state index < -0.39 is 0 Å². The number of nitrogens with two attached hydrogens (primary N) is 1. The summed E-state index contributed by atoms with van der Waals surface area (Å²) in [6.07, 6.45) is 0. The number of imidazole rings is 1. The molecule has 0 bridgehead atoms. The van der Waals surface area contributed by atoms with E-state index >= 15 is 0 Å². The molecule has 90 valence electrons. The minimum atomic E-state index is -0.250. The van der Waals surface area contributed by atoms with Gasteiger partial charge in [0, 0.05) is 5.56 Å². The van der Waals surface area contributed by atoms with Crippen LogP contribution >= 0.6 is 0 Å². The number of rotatable bonds is 1. The van der Waals surface area contributed by atoms with Crippen LogP contribution in [0.3, 0.4) is 0 Å². The van der Waals surface area contributed by atoms with Gasteiger partial charge in [-0.1, -0.05) is 12.1 Å². The monoisotopic (exact) mass is 242 g/mol. The molecule has 0 fully saturated rings. The number of hydrogen-bond donors (Lipinski definition) is 2. The van der Waals surface area contributed by atoms with Gasteiger partial charge in [-0.2, -0.15) is 0 Å². The number of H-pyrrole nitrogens is 1. The second-order valence-corrected chi connectivity index (χ2v) is 4.16. The van der Waals surface area contributed by atoms with Crippen molar-refractivity contribution in [1.82, 2.24) is 15.0 Å². The molecule has 18 heavy (non-hydrogen) atoms. The Hall–Kier alpha value is -2.43. The number of fused-ring (bicyclic) bond motifs is 1. The molecule has 0 saturated carbocycles. The summed E-state index contributed by atoms with van der Waals surface area (Å²) in [5, 5.41) is 0. The highest BCUT2D eigenvalue weighted by Gasteiger charge is 2.08. The molecule has 5 heteroatoms. The van der Waals surface area contributed by atoms with Crippen LogP contribution < -0.4 is 5.73 Å². The van der Waals surface area contributed by atoms with Crippen molar-refractivity contribution in [3.05, 3.63) is 41.7 Å². The summed E-state index contributed by atoms with van der Waals surface area (Å²) in [5.74, 6) is 0.748. The minimum absolute atomic E-state index is 0.250. The number of pyridine rings is 1. The van der Waals surface area contributed by atoms with E-state index in [-0.39, 0.29) is 5.82 Å². The van der Waals surface area contributed by atoms with Crippen molar-refractivity contribution in [2.75, 3.05) is 5.73 Å². The zero-order chi connectivity index (χ0) is 12.7. The first-order valence-corrected chi connectivity index (χ1v) is 5.52. The number of benzene rings is 1. The summed E-state index contributed by atoms with van der Waals surface area (Å²) in [6, 6.07) is 8.49. The first-order valence-electron chi connectivity index (χ1n) is 5.52. The summed E-state index contributed by atoms with van der Waals surface area (Å²) >= 11 is 0. The van der Waals surface area contributed by atoms with Gasteiger partial charge in [0.15, 0.2) is 5.65 Å². The fourth-order valence-electron chi connectivity index (χ4n) is 1.78. The predicted octanol–water partition coefficient (Wildman–Crippen LogP) is 2.65. The van der Waals surface area contributed by atoms with Gasteiger partial charge in [0.1, 0.15) is 17.5 Å². The first kappa shape index (κ1) is 10.7. The smallest absolute Gasteiger partial charge is 0.180 e. The van der Waals surface area contributed by atoms with E-state index in [0.717, 1.165) is 5.52 Å². The third kappa shape index (κ3) is 1.69. The van der Waals surface area contributed by atoms with Crippen LogP contribution in [0.5, 0.6) is 0 Å². The fourth-order valence-corrected chi connectivity index (χ4v) is 1.78. The maximum Gasteiger partial charge on any atom is 0.180 e. The summed E-state index contributed by atoms with van der Waals surface area (Å²) in [4.78, 5) is 11.5. The van der Waals surface area contributed by atoms with Gasteiger partial charge in [-0.25, -0.2) is 14.4 Å². The van der Waals surface area contributed by atoms with Gasteiger partial charge < -0.3 is 10.7 Å². The average molecular weight is 242 g/mol. The first-order chi connectivity index (χ1) is 8.63. The molecule has 0 radical (unpaired) electrons. The van der Waals surface area contributed by atoms with Crippen LogP contribution in [0.4, 0.5) is 10.2 Å². The lowest BCUT2D eigenvalue weighted by Crippen LogP contribution is -1.88. The van der Waals surface area contributed by atoms with Crippen molar-refractivity contribution >= 4 is 17.0 Å². The van der Waals surface area contributed by atoms with Crippen LogP contribution in [0.25, 0.3) is 22.6 Å². The van der Waals surface area contributed by atoms with Gasteiger partial charge in [-0.05, 0) is 30.7 Å². The van der Waals surface area contributed by atoms with Crippen LogP contribution in [0.2, 0.25) is 0 Å². The van der Waals surface area contributed by atoms with Crippen molar-refractivity contribution in [2.45, 2.75) is 6.92 Å². The van der Waals surface area contributed by atoms with Crippen molar-refractivity contribution in [3.8, 4) is 11.4 Å². The van der Waals surface area contributed by atoms with E-state index in [4.69, 9.17) is 5.73 Å². The number of nitrogens with zero attached hydrogens (tertiary/aromatic N) is 2. The van der Waals surface area contributed by atoms with E-state index in [1.807, 2.05) is 6.07 Å². The molecule has 3 rings (SSSR count). The Morgan fingerprint density at radius 1 is 1.17 bits per heavy atom. The Bertz CT molecular complexity index is 733. The zero-order valence-electron chi connectivity index (χ0n) is 9.74. The number of nitrogen functional groups attached to an aromatic ring is 1. The molecular formula is C13H11FN4. The second-order valence-electron chi connectivity index (χ2n) is 4.16. The van der Waals surface area contributed by atoms with Crippen molar-refractivity contribution in [1.29, 1.82) is 0 Å². The maximum absolute atomic E-state index is 13.5. The second kappa shape index (κ2) is 3.80. The Balaban J connectivity index is 2.16. The highest BCUT2D eigenvalue weighted by atomic mass is 19.1. The summed E-state index contributed by atoms with van der Waals surface area (Å²) < 4.78 is 13.5. The quantitative estimate of drug-likeness (QED) is 0.689. The molecule has 0 aliphatic carbocycles. The van der Waals surface area contributed by atoms with Gasteiger partial charge in [0.05, 0.1) is 5.52 Å².